The van der Waals surface area contributed by atoms with Crippen LogP contribution >= 0.6 is 0 Å². The number of oxazole rings is 1. The number of carbonyl (C=O) groups is 2. The van der Waals surface area contributed by atoms with Gasteiger partial charge in [-0.15, -0.1) is 0 Å². The van der Waals surface area contributed by atoms with Crippen LogP contribution in [0.4, 0.5) is 0 Å². The van der Waals surface area contributed by atoms with Crippen molar-refractivity contribution >= 4 is 22.9 Å². The van der Waals surface area contributed by atoms with Gasteiger partial charge in [0.2, 0.25) is 11.8 Å². The molecule has 5 rings (SSSR count). The van der Waals surface area contributed by atoms with Crippen molar-refractivity contribution in [3.63, 3.8) is 0 Å². The molecule has 1 aliphatic heterocycles. The molecule has 1 atom stereocenters. The second-order valence-corrected chi connectivity index (χ2v) is 10.1. The molecule has 2 aromatic carbocycles. The van der Waals surface area contributed by atoms with Crippen LogP contribution in [-0.4, -0.2) is 41.3 Å². The molecular weight excluding hydrogens is 450 g/mol. The lowest BCUT2D eigenvalue weighted by molar-refractivity contribution is -0.126. The third kappa shape index (κ3) is 5.53. The van der Waals surface area contributed by atoms with Gasteiger partial charge in [0, 0.05) is 36.7 Å². The third-order valence-corrected chi connectivity index (χ3v) is 7.73. The van der Waals surface area contributed by atoms with Gasteiger partial charge in [0.05, 0.1) is 0 Å². The van der Waals surface area contributed by atoms with Crippen molar-refractivity contribution in [2.75, 3.05) is 19.6 Å². The number of rotatable bonds is 7. The fourth-order valence-corrected chi connectivity index (χ4v) is 5.40. The fraction of sp³-hybridized carbons (Fsp3) is 0.433. The molecule has 3 aromatic rings. The minimum Gasteiger partial charge on any atom is -0.436 e. The maximum Gasteiger partial charge on any atom is 0.253 e. The number of amides is 2. The number of hydrogen-bond acceptors (Lipinski definition) is 4. The minimum absolute atomic E-state index is 0.0115. The second-order valence-electron chi connectivity index (χ2n) is 10.1. The Morgan fingerprint density at radius 1 is 1.11 bits per heavy atom. The maximum absolute atomic E-state index is 13.2. The van der Waals surface area contributed by atoms with Gasteiger partial charge in [0.25, 0.3) is 5.91 Å². The van der Waals surface area contributed by atoms with Crippen molar-refractivity contribution in [2.45, 2.75) is 51.9 Å². The average molecular weight is 486 g/mol. The Morgan fingerprint density at radius 2 is 1.92 bits per heavy atom. The Balaban J connectivity index is 1.14. The number of carbonyl (C=O) groups excluding carboxylic acids is 2. The first-order valence-electron chi connectivity index (χ1n) is 13.3. The molecule has 0 saturated carbocycles. The number of hydrogen-bond donors (Lipinski definition) is 1. The molecule has 6 nitrogen and oxygen atoms in total. The van der Waals surface area contributed by atoms with Crippen molar-refractivity contribution < 1.29 is 14.0 Å². The molecule has 1 saturated heterocycles. The Hall–Kier alpha value is -3.41. The van der Waals surface area contributed by atoms with Crippen LogP contribution in [0.25, 0.3) is 22.6 Å². The number of aromatic nitrogens is 1. The summed E-state index contributed by atoms with van der Waals surface area (Å²) in [5, 5.41) is 3.14. The number of nitrogens with one attached hydrogen (secondary N) is 1. The van der Waals surface area contributed by atoms with E-state index in [2.05, 4.69) is 16.4 Å². The van der Waals surface area contributed by atoms with Crippen molar-refractivity contribution in [3.05, 3.63) is 65.7 Å². The number of likely N-dealkylation sites (tertiary alicyclic amines) is 1. The van der Waals surface area contributed by atoms with Gasteiger partial charge in [0.15, 0.2) is 5.58 Å². The van der Waals surface area contributed by atoms with Gasteiger partial charge in [-0.1, -0.05) is 36.8 Å². The van der Waals surface area contributed by atoms with Gasteiger partial charge in [0.1, 0.15) is 5.52 Å². The Kier molecular flexibility index (Phi) is 7.49. The molecule has 0 radical (unpaired) electrons. The van der Waals surface area contributed by atoms with Crippen LogP contribution < -0.4 is 5.32 Å². The van der Waals surface area contributed by atoms with Gasteiger partial charge in [-0.05, 0) is 81.2 Å². The van der Waals surface area contributed by atoms with E-state index in [9.17, 15) is 9.59 Å². The zero-order valence-corrected chi connectivity index (χ0v) is 21.0. The van der Waals surface area contributed by atoms with Crippen LogP contribution in [-0.2, 0) is 4.79 Å². The molecule has 1 aliphatic carbocycles. The number of benzene rings is 2. The van der Waals surface area contributed by atoms with Gasteiger partial charge < -0.3 is 14.6 Å². The lowest BCUT2D eigenvalue weighted by atomic mass is 9.84. The summed E-state index contributed by atoms with van der Waals surface area (Å²) in [6.07, 6.45) is 9.91. The van der Waals surface area contributed by atoms with Gasteiger partial charge in [-0.2, -0.15) is 0 Å². The van der Waals surface area contributed by atoms with Crippen molar-refractivity contribution in [1.82, 2.24) is 15.2 Å². The highest BCUT2D eigenvalue weighted by Gasteiger charge is 2.30. The number of allylic oxidation sites excluding steroid dienone is 1. The van der Waals surface area contributed by atoms with E-state index in [1.54, 1.807) is 0 Å². The van der Waals surface area contributed by atoms with Crippen molar-refractivity contribution in [1.29, 1.82) is 0 Å². The Labute approximate surface area is 212 Å². The van der Waals surface area contributed by atoms with E-state index in [1.165, 1.54) is 31.3 Å². The topological polar surface area (TPSA) is 75.4 Å². The molecule has 1 N–H and O–H groups in total. The standard InChI is InChI=1S/C30H35N3O3/c1-21(28(34)31-17-14-22-8-4-2-5-9-22)23-15-18-33(19-16-23)30(35)25-12-13-27-26(20-25)32-29(36-27)24-10-6-3-7-11-24/h3,6-8,10-13,20-21,23H,2,4-5,9,14-19H2,1H3,(H,31,34). The number of nitrogens with zero attached hydrogens (tertiary/aromatic N) is 2. The normalized spacial score (nSPS) is 17.6. The van der Waals surface area contributed by atoms with Crippen LogP contribution in [0.5, 0.6) is 0 Å². The molecular formula is C30H35N3O3. The van der Waals surface area contributed by atoms with E-state index in [-0.39, 0.29) is 17.7 Å². The van der Waals surface area contributed by atoms with Gasteiger partial charge >= 0.3 is 0 Å². The molecule has 1 fully saturated rings. The highest BCUT2D eigenvalue weighted by Crippen LogP contribution is 2.28. The number of fused-ring (bicyclic) bond motifs is 1. The minimum atomic E-state index is -0.0366. The third-order valence-electron chi connectivity index (χ3n) is 7.73. The number of piperidine rings is 1. The lowest BCUT2D eigenvalue weighted by Crippen LogP contribution is -2.42. The second kappa shape index (κ2) is 11.1. The summed E-state index contributed by atoms with van der Waals surface area (Å²) in [7, 11) is 0. The molecule has 0 bridgehead atoms. The lowest BCUT2D eigenvalue weighted by Gasteiger charge is -2.34. The van der Waals surface area contributed by atoms with E-state index in [4.69, 9.17) is 4.42 Å². The summed E-state index contributed by atoms with van der Waals surface area (Å²) in [6, 6.07) is 15.2. The molecule has 1 unspecified atom stereocenters. The van der Waals surface area contributed by atoms with Crippen LogP contribution in [0, 0.1) is 11.8 Å². The smallest absolute Gasteiger partial charge is 0.253 e. The largest absolute Gasteiger partial charge is 0.436 e. The highest BCUT2D eigenvalue weighted by molar-refractivity contribution is 5.97. The summed E-state index contributed by atoms with van der Waals surface area (Å²) < 4.78 is 5.88. The molecule has 0 spiro atoms. The monoisotopic (exact) mass is 485 g/mol. The quantitative estimate of drug-likeness (QED) is 0.417. The van der Waals surface area contributed by atoms with Gasteiger partial charge in [-0.25, -0.2) is 4.98 Å². The molecule has 2 amide bonds. The molecule has 2 heterocycles. The highest BCUT2D eigenvalue weighted by atomic mass is 16.3. The summed E-state index contributed by atoms with van der Waals surface area (Å²) in [6.45, 7) is 4.09. The first kappa shape index (κ1) is 24.3. The molecule has 188 valence electrons. The summed E-state index contributed by atoms with van der Waals surface area (Å²) in [5.74, 6) is 0.970. The molecule has 6 heteroatoms. The summed E-state index contributed by atoms with van der Waals surface area (Å²) in [5.41, 5.74) is 4.37. The summed E-state index contributed by atoms with van der Waals surface area (Å²) >= 11 is 0. The van der Waals surface area contributed by atoms with Crippen LogP contribution in [0.1, 0.15) is 62.2 Å². The Morgan fingerprint density at radius 3 is 2.67 bits per heavy atom. The molecule has 2 aliphatic rings. The SMILES string of the molecule is CC(C(=O)NCCC1=CCCCC1)C1CCN(C(=O)c2ccc3oc(-c4ccccc4)nc3c2)CC1. The zero-order valence-electron chi connectivity index (χ0n) is 21.0. The molecule has 1 aromatic heterocycles. The van der Waals surface area contributed by atoms with Crippen LogP contribution in [0.15, 0.2) is 64.6 Å². The van der Waals surface area contributed by atoms with E-state index in [0.29, 0.717) is 41.6 Å². The van der Waals surface area contributed by atoms with E-state index < -0.39 is 0 Å². The average Bonchev–Trinajstić information content (AvgIpc) is 3.37. The first-order valence-corrected chi connectivity index (χ1v) is 13.3. The van der Waals surface area contributed by atoms with Crippen LogP contribution in [0.3, 0.4) is 0 Å². The van der Waals surface area contributed by atoms with Crippen LogP contribution in [0.2, 0.25) is 0 Å². The summed E-state index contributed by atoms with van der Waals surface area (Å²) in [4.78, 5) is 32.4. The maximum atomic E-state index is 13.2. The molecule has 36 heavy (non-hydrogen) atoms. The van der Waals surface area contributed by atoms with E-state index in [0.717, 1.165) is 31.4 Å². The van der Waals surface area contributed by atoms with E-state index in [1.807, 2.05) is 60.4 Å². The van der Waals surface area contributed by atoms with E-state index >= 15 is 0 Å². The predicted molar refractivity (Wildman–Crippen MR) is 141 cm³/mol. The predicted octanol–water partition coefficient (Wildman–Crippen LogP) is 5.99. The zero-order chi connectivity index (χ0) is 24.9. The Bertz CT molecular complexity index is 1240. The van der Waals surface area contributed by atoms with Crippen molar-refractivity contribution in [2.24, 2.45) is 11.8 Å². The fourth-order valence-electron chi connectivity index (χ4n) is 5.40. The van der Waals surface area contributed by atoms with Gasteiger partial charge in [-0.3, -0.25) is 9.59 Å². The van der Waals surface area contributed by atoms with Crippen molar-refractivity contribution in [3.8, 4) is 11.5 Å². The first-order chi connectivity index (χ1) is 17.6.